The Bertz CT molecular complexity index is 726. The van der Waals surface area contributed by atoms with E-state index in [4.69, 9.17) is 14.3 Å². The van der Waals surface area contributed by atoms with Crippen molar-refractivity contribution >= 4 is 38.9 Å². The smallest absolute Gasteiger partial charge is 0.324 e. The van der Waals surface area contributed by atoms with Crippen LogP contribution in [0, 0.1) is 0 Å². The molecule has 11 heteroatoms. The maximum atomic E-state index is 11.4. The van der Waals surface area contributed by atoms with E-state index in [2.05, 4.69) is 24.3 Å². The number of benzene rings is 1. The lowest BCUT2D eigenvalue weighted by molar-refractivity contribution is 0.0631. The molecule has 0 aliphatic heterocycles. The summed E-state index contributed by atoms with van der Waals surface area (Å²) in [5.41, 5.74) is 1.45. The van der Waals surface area contributed by atoms with Gasteiger partial charge in [-0.25, -0.2) is 4.57 Å². The Morgan fingerprint density at radius 3 is 1.62 bits per heavy atom. The fourth-order valence-corrected chi connectivity index (χ4v) is 5.99. The third-order valence-electron chi connectivity index (χ3n) is 4.42. The Morgan fingerprint density at radius 1 is 0.828 bits per heavy atom. The normalized spacial score (nSPS) is 13.7. The van der Waals surface area contributed by atoms with E-state index in [0.717, 1.165) is 22.8 Å². The zero-order valence-corrected chi connectivity index (χ0v) is 20.7. The summed E-state index contributed by atoms with van der Waals surface area (Å²) in [4.78, 5) is 36.5. The van der Waals surface area contributed by atoms with Crippen LogP contribution in [-0.4, -0.2) is 41.8 Å². The van der Waals surface area contributed by atoms with E-state index < -0.39 is 26.2 Å². The highest BCUT2D eigenvalue weighted by atomic mass is 32.2. The summed E-state index contributed by atoms with van der Waals surface area (Å²) in [5.74, 6) is 3.00. The molecule has 0 bridgehead atoms. The molecule has 0 atom stereocenters. The van der Waals surface area contributed by atoms with E-state index in [1.54, 1.807) is 51.2 Å². The molecule has 1 aromatic carbocycles. The molecule has 1 aromatic rings. The van der Waals surface area contributed by atoms with Crippen LogP contribution in [0.4, 0.5) is 0 Å². The van der Waals surface area contributed by atoms with Crippen LogP contribution in [0.1, 0.15) is 51.7 Å². The van der Waals surface area contributed by atoms with Gasteiger partial charge in [0.1, 0.15) is 0 Å². The molecular formula is C18H32O7P2S2. The van der Waals surface area contributed by atoms with E-state index in [9.17, 15) is 18.9 Å². The zero-order chi connectivity index (χ0) is 22.3. The van der Waals surface area contributed by atoms with Crippen molar-refractivity contribution in [2.75, 3.05) is 11.5 Å². The third-order valence-corrected chi connectivity index (χ3v) is 9.01. The Balaban J connectivity index is 2.32. The summed E-state index contributed by atoms with van der Waals surface area (Å²) in [6.07, 6.45) is 0.987. The maximum Gasteiger partial charge on any atom is 0.470 e. The molecule has 0 unspecified atom stereocenters. The highest BCUT2D eigenvalue weighted by Gasteiger charge is 2.36. The number of hydrogen-bond donors (Lipinski definition) is 4. The van der Waals surface area contributed by atoms with Crippen LogP contribution in [0.15, 0.2) is 24.3 Å². The minimum Gasteiger partial charge on any atom is -0.324 e. The van der Waals surface area contributed by atoms with Crippen LogP contribution in [0.25, 0.3) is 0 Å². The van der Waals surface area contributed by atoms with Crippen LogP contribution in [0.5, 0.6) is 0 Å². The van der Waals surface area contributed by atoms with Crippen LogP contribution in [-0.2, 0) is 25.2 Å². The maximum absolute atomic E-state index is 11.4. The van der Waals surface area contributed by atoms with Gasteiger partial charge in [-0.15, -0.1) is 0 Å². The van der Waals surface area contributed by atoms with E-state index in [1.807, 2.05) is 0 Å². The first-order chi connectivity index (χ1) is 13.1. The molecule has 29 heavy (non-hydrogen) atoms. The first-order valence-corrected chi connectivity index (χ1v) is 14.6. The first-order valence-electron chi connectivity index (χ1n) is 9.17. The quantitative estimate of drug-likeness (QED) is 0.230. The minimum atomic E-state index is -4.48. The molecule has 0 saturated heterocycles. The topological polar surface area (TPSA) is 124 Å². The van der Waals surface area contributed by atoms with Gasteiger partial charge in [-0.3, -0.25) is 9.09 Å². The predicted molar refractivity (Wildman–Crippen MR) is 121 cm³/mol. The highest BCUT2D eigenvalue weighted by molar-refractivity contribution is 7.98. The van der Waals surface area contributed by atoms with Crippen molar-refractivity contribution < 1.29 is 33.2 Å². The number of thioether (sulfide) groups is 2. The molecule has 0 spiro atoms. The second-order valence-corrected chi connectivity index (χ2v) is 13.8. The Morgan fingerprint density at radius 2 is 1.24 bits per heavy atom. The van der Waals surface area contributed by atoms with Crippen molar-refractivity contribution in [1.29, 1.82) is 0 Å². The summed E-state index contributed by atoms with van der Waals surface area (Å²) < 4.78 is 27.2. The summed E-state index contributed by atoms with van der Waals surface area (Å²) in [6, 6.07) is 8.22. The molecule has 1 rings (SSSR count). The van der Waals surface area contributed by atoms with Crippen molar-refractivity contribution in [1.82, 2.24) is 0 Å². The van der Waals surface area contributed by atoms with Gasteiger partial charge in [-0.1, -0.05) is 24.3 Å². The number of hydrogen-bond acceptors (Lipinski definition) is 5. The number of phosphoric acid groups is 1. The van der Waals surface area contributed by atoms with Crippen LogP contribution < -0.4 is 0 Å². The van der Waals surface area contributed by atoms with Crippen molar-refractivity contribution in [3.05, 3.63) is 35.4 Å². The van der Waals surface area contributed by atoms with Crippen LogP contribution in [0.2, 0.25) is 0 Å². The van der Waals surface area contributed by atoms with Gasteiger partial charge in [-0.05, 0) is 63.2 Å². The lowest BCUT2D eigenvalue weighted by Gasteiger charge is -2.25. The largest absolute Gasteiger partial charge is 0.470 e. The van der Waals surface area contributed by atoms with E-state index in [1.165, 1.54) is 5.56 Å². The molecule has 0 aromatic heterocycles. The SMILES string of the molecule is CC(C)(CCSCc1ccc(CSCCC(C)(C)P(=O)(O)O)cc1)OP(=O)(O)O. The van der Waals surface area contributed by atoms with Crippen molar-refractivity contribution in [3.8, 4) is 0 Å². The lowest BCUT2D eigenvalue weighted by atomic mass is 10.1. The monoisotopic (exact) mass is 486 g/mol. The summed E-state index contributed by atoms with van der Waals surface area (Å²) in [5, 5.41) is -0.994. The van der Waals surface area contributed by atoms with Gasteiger partial charge in [0, 0.05) is 11.5 Å². The van der Waals surface area contributed by atoms with Crippen LogP contribution in [0.3, 0.4) is 0 Å². The Hall–Kier alpha value is 0.180. The van der Waals surface area contributed by atoms with E-state index in [0.29, 0.717) is 18.6 Å². The second-order valence-electron chi connectivity index (χ2n) is 8.12. The highest BCUT2D eigenvalue weighted by Crippen LogP contribution is 2.52. The molecule has 0 aliphatic rings. The average Bonchev–Trinajstić information content (AvgIpc) is 2.53. The predicted octanol–water partition coefficient (Wildman–Crippen LogP) is 4.78. The Labute approximate surface area is 181 Å². The van der Waals surface area contributed by atoms with Gasteiger partial charge >= 0.3 is 15.4 Å². The molecule has 0 aliphatic carbocycles. The standard InChI is InChI=1S/C18H32O7P2S2/c1-17(2,25-27(22,23)24)9-11-28-13-15-5-7-16(8-6-15)14-29-12-10-18(3,4)26(19,20)21/h5-8H,9-14H2,1-4H3,(H2,19,20,21)(H2,22,23,24). The molecule has 0 amide bonds. The summed E-state index contributed by atoms with van der Waals surface area (Å²) in [7, 11) is -8.56. The van der Waals surface area contributed by atoms with Crippen molar-refractivity contribution in [2.45, 2.75) is 62.8 Å². The van der Waals surface area contributed by atoms with Gasteiger partial charge in [0.15, 0.2) is 0 Å². The molecule has 4 N–H and O–H groups in total. The fourth-order valence-electron chi connectivity index (χ4n) is 2.26. The second kappa shape index (κ2) is 11.2. The molecular weight excluding hydrogens is 454 g/mol. The lowest BCUT2D eigenvalue weighted by Crippen LogP contribution is -2.23. The summed E-state index contributed by atoms with van der Waals surface area (Å²) >= 11 is 3.34. The minimum absolute atomic E-state index is 0.457. The number of rotatable bonds is 13. The Kier molecular flexibility index (Phi) is 10.5. The summed E-state index contributed by atoms with van der Waals surface area (Å²) in [6.45, 7) is 6.53. The van der Waals surface area contributed by atoms with Crippen LogP contribution >= 0.6 is 38.9 Å². The van der Waals surface area contributed by atoms with Gasteiger partial charge in [0.25, 0.3) is 0 Å². The van der Waals surface area contributed by atoms with Gasteiger partial charge in [0.2, 0.25) is 0 Å². The molecule has 0 radical (unpaired) electrons. The van der Waals surface area contributed by atoms with Crippen molar-refractivity contribution in [2.24, 2.45) is 0 Å². The molecule has 0 saturated carbocycles. The fraction of sp³-hybridized carbons (Fsp3) is 0.667. The zero-order valence-electron chi connectivity index (χ0n) is 17.3. The van der Waals surface area contributed by atoms with E-state index >= 15 is 0 Å². The third kappa shape index (κ3) is 11.4. The molecule has 0 heterocycles. The molecule has 168 valence electrons. The van der Waals surface area contributed by atoms with Gasteiger partial charge < -0.3 is 19.6 Å². The van der Waals surface area contributed by atoms with Crippen molar-refractivity contribution in [3.63, 3.8) is 0 Å². The van der Waals surface area contributed by atoms with Gasteiger partial charge in [-0.2, -0.15) is 23.5 Å². The van der Waals surface area contributed by atoms with E-state index in [-0.39, 0.29) is 0 Å². The molecule has 0 fully saturated rings. The van der Waals surface area contributed by atoms with Gasteiger partial charge in [0.05, 0.1) is 10.8 Å². The average molecular weight is 487 g/mol. The first kappa shape index (κ1) is 27.2. The molecule has 7 nitrogen and oxygen atoms in total. The number of phosphoric ester groups is 1.